The van der Waals surface area contributed by atoms with Crippen molar-refractivity contribution in [1.29, 1.82) is 0 Å². The van der Waals surface area contributed by atoms with Crippen molar-refractivity contribution < 1.29 is 18.3 Å². The Hall–Kier alpha value is -2.00. The molecule has 2 N–H and O–H groups in total. The van der Waals surface area contributed by atoms with Crippen molar-refractivity contribution in [2.45, 2.75) is 24.3 Å². The first kappa shape index (κ1) is 14.0. The van der Waals surface area contributed by atoms with Crippen LogP contribution < -0.4 is 4.72 Å². The number of carboxylic acids is 1. The molecule has 0 bridgehead atoms. The van der Waals surface area contributed by atoms with Gasteiger partial charge in [-0.2, -0.15) is 8.42 Å². The first-order valence-electron chi connectivity index (χ1n) is 6.16. The average Bonchev–Trinajstić information content (AvgIpc) is 2.99. The molecule has 0 spiro atoms. The Labute approximate surface area is 124 Å². The first-order chi connectivity index (χ1) is 9.95. The summed E-state index contributed by atoms with van der Waals surface area (Å²) in [6.07, 6.45) is 3.87. The van der Waals surface area contributed by atoms with Crippen molar-refractivity contribution in [3.63, 3.8) is 0 Å². The maximum atomic E-state index is 12.2. The van der Waals surface area contributed by atoms with E-state index < -0.39 is 16.0 Å². The van der Waals surface area contributed by atoms with Gasteiger partial charge in [0.15, 0.2) is 10.2 Å². The highest BCUT2D eigenvalue weighted by molar-refractivity contribution is 7.92. The second kappa shape index (κ2) is 5.08. The quantitative estimate of drug-likeness (QED) is 0.882. The van der Waals surface area contributed by atoms with Crippen molar-refractivity contribution in [1.82, 2.24) is 9.97 Å². The smallest absolute Gasteiger partial charge is 0.337 e. The summed E-state index contributed by atoms with van der Waals surface area (Å²) in [6.45, 7) is 0. The van der Waals surface area contributed by atoms with E-state index in [4.69, 9.17) is 5.11 Å². The molecule has 0 amide bonds. The number of anilines is 1. The zero-order valence-electron chi connectivity index (χ0n) is 10.7. The van der Waals surface area contributed by atoms with Gasteiger partial charge in [0.05, 0.1) is 11.3 Å². The van der Waals surface area contributed by atoms with E-state index >= 15 is 0 Å². The molecule has 3 rings (SSSR count). The van der Waals surface area contributed by atoms with Crippen LogP contribution in [0.5, 0.6) is 0 Å². The number of fused-ring (bicyclic) bond motifs is 1. The Kier molecular flexibility index (Phi) is 3.38. The lowest BCUT2D eigenvalue weighted by molar-refractivity contribution is 0.0696. The molecule has 21 heavy (non-hydrogen) atoms. The average molecular weight is 325 g/mol. The largest absolute Gasteiger partial charge is 0.478 e. The van der Waals surface area contributed by atoms with Crippen LogP contribution in [0, 0.1) is 0 Å². The molecule has 0 aliphatic heterocycles. The number of aryl methyl sites for hydroxylation is 2. The molecule has 2 aromatic heterocycles. The van der Waals surface area contributed by atoms with Crippen LogP contribution in [0.15, 0.2) is 23.4 Å². The summed E-state index contributed by atoms with van der Waals surface area (Å²) < 4.78 is 26.7. The number of hydrogen-bond donors (Lipinski definition) is 2. The van der Waals surface area contributed by atoms with Gasteiger partial charge in [-0.25, -0.2) is 14.8 Å². The van der Waals surface area contributed by atoms with E-state index in [0.29, 0.717) is 5.13 Å². The second-order valence-corrected chi connectivity index (χ2v) is 7.25. The molecule has 110 valence electrons. The molecule has 7 nitrogen and oxygen atoms in total. The summed E-state index contributed by atoms with van der Waals surface area (Å²) in [6, 6.07) is 2.36. The third-order valence-electron chi connectivity index (χ3n) is 3.08. The Morgan fingerprint density at radius 1 is 1.33 bits per heavy atom. The summed E-state index contributed by atoms with van der Waals surface area (Å²) in [5, 5.41) is 8.86. The van der Waals surface area contributed by atoms with Gasteiger partial charge in [-0.05, 0) is 31.4 Å². The normalized spacial score (nSPS) is 13.9. The number of aromatic nitrogens is 2. The van der Waals surface area contributed by atoms with Crippen LogP contribution in [0.25, 0.3) is 0 Å². The molecule has 0 radical (unpaired) electrons. The second-order valence-electron chi connectivity index (χ2n) is 4.54. The van der Waals surface area contributed by atoms with Gasteiger partial charge < -0.3 is 5.11 Å². The fourth-order valence-corrected chi connectivity index (χ4v) is 4.28. The van der Waals surface area contributed by atoms with E-state index in [1.165, 1.54) is 17.4 Å². The minimum absolute atomic E-state index is 0.0674. The molecule has 1 aliphatic rings. The fourth-order valence-electron chi connectivity index (χ4n) is 2.07. The fraction of sp³-hybridized carbons (Fsp3) is 0.250. The Bertz CT molecular complexity index is 775. The molecule has 0 saturated carbocycles. The zero-order chi connectivity index (χ0) is 15.0. The van der Waals surface area contributed by atoms with E-state index in [1.807, 2.05) is 0 Å². The number of nitrogens with zero attached hydrogens (tertiary/aromatic N) is 2. The number of rotatable bonds is 4. The number of nitrogens with one attached hydrogen (secondary N) is 1. The van der Waals surface area contributed by atoms with Crippen LogP contribution in [0.2, 0.25) is 0 Å². The van der Waals surface area contributed by atoms with Gasteiger partial charge >= 0.3 is 5.97 Å². The predicted molar refractivity (Wildman–Crippen MR) is 76.1 cm³/mol. The molecular weight excluding hydrogens is 314 g/mol. The maximum absolute atomic E-state index is 12.2. The zero-order valence-corrected chi connectivity index (χ0v) is 12.4. The Balaban J connectivity index is 1.84. The van der Waals surface area contributed by atoms with Gasteiger partial charge in [0.25, 0.3) is 10.0 Å². The van der Waals surface area contributed by atoms with E-state index in [9.17, 15) is 13.2 Å². The van der Waals surface area contributed by atoms with Gasteiger partial charge in [-0.3, -0.25) is 4.72 Å². The number of carbonyl (C=O) groups is 1. The lowest BCUT2D eigenvalue weighted by Crippen LogP contribution is -2.14. The standard InChI is InChI=1S/C12H11N3O4S2/c16-11(17)7-4-5-10(13-6-7)21(18,19)15-12-14-8-2-1-3-9(8)20-12/h4-6H,1-3H2,(H,14,15)(H,16,17). The summed E-state index contributed by atoms with van der Waals surface area (Å²) in [7, 11) is -3.85. The maximum Gasteiger partial charge on any atom is 0.337 e. The predicted octanol–water partition coefficient (Wildman–Crippen LogP) is 1.53. The van der Waals surface area contributed by atoms with Crippen LogP contribution in [0.4, 0.5) is 5.13 Å². The van der Waals surface area contributed by atoms with E-state index in [0.717, 1.165) is 42.1 Å². The highest BCUT2D eigenvalue weighted by Crippen LogP contribution is 2.31. The lowest BCUT2D eigenvalue weighted by Gasteiger charge is -2.04. The van der Waals surface area contributed by atoms with E-state index in [1.54, 1.807) is 0 Å². The van der Waals surface area contributed by atoms with E-state index in [2.05, 4.69) is 14.7 Å². The van der Waals surface area contributed by atoms with Crippen molar-refractivity contribution in [2.75, 3.05) is 4.72 Å². The van der Waals surface area contributed by atoms with Crippen molar-refractivity contribution in [2.24, 2.45) is 0 Å². The third-order valence-corrected chi connectivity index (χ3v) is 5.53. The number of thiazole rings is 1. The van der Waals surface area contributed by atoms with Crippen LogP contribution in [0.1, 0.15) is 27.3 Å². The van der Waals surface area contributed by atoms with Crippen LogP contribution in [-0.2, 0) is 22.9 Å². The Morgan fingerprint density at radius 2 is 2.14 bits per heavy atom. The molecule has 0 unspecified atom stereocenters. The van der Waals surface area contributed by atoms with Gasteiger partial charge in [0, 0.05) is 11.1 Å². The van der Waals surface area contributed by atoms with Gasteiger partial charge in [0.2, 0.25) is 0 Å². The minimum Gasteiger partial charge on any atom is -0.478 e. The molecule has 9 heteroatoms. The lowest BCUT2D eigenvalue weighted by atomic mass is 10.3. The third kappa shape index (κ3) is 2.74. The summed E-state index contributed by atoms with van der Waals surface area (Å²) >= 11 is 1.33. The summed E-state index contributed by atoms with van der Waals surface area (Å²) in [5.74, 6) is -1.16. The number of hydrogen-bond acceptors (Lipinski definition) is 6. The van der Waals surface area contributed by atoms with E-state index in [-0.39, 0.29) is 10.6 Å². The molecule has 0 aromatic carbocycles. The number of carboxylic acid groups (broad SMARTS) is 1. The number of pyridine rings is 1. The highest BCUT2D eigenvalue weighted by Gasteiger charge is 2.22. The molecule has 1 aliphatic carbocycles. The SMILES string of the molecule is O=C(O)c1ccc(S(=O)(=O)Nc2nc3c(s2)CCC3)nc1. The molecule has 2 aromatic rings. The summed E-state index contributed by atoms with van der Waals surface area (Å²) in [5.41, 5.74) is 0.883. The minimum atomic E-state index is -3.85. The van der Waals surface area contributed by atoms with Gasteiger partial charge in [-0.15, -0.1) is 11.3 Å². The molecular formula is C12H11N3O4S2. The molecule has 0 fully saturated rings. The summed E-state index contributed by atoms with van der Waals surface area (Å²) in [4.78, 5) is 19.8. The van der Waals surface area contributed by atoms with Crippen LogP contribution in [-0.4, -0.2) is 29.5 Å². The van der Waals surface area contributed by atoms with Crippen molar-refractivity contribution in [3.05, 3.63) is 34.5 Å². The monoisotopic (exact) mass is 325 g/mol. The molecule has 0 atom stereocenters. The number of sulfonamides is 1. The number of aromatic carboxylic acids is 1. The topological polar surface area (TPSA) is 109 Å². The van der Waals surface area contributed by atoms with Crippen LogP contribution in [0.3, 0.4) is 0 Å². The van der Waals surface area contributed by atoms with Crippen molar-refractivity contribution >= 4 is 32.5 Å². The molecule has 0 saturated heterocycles. The van der Waals surface area contributed by atoms with Gasteiger partial charge in [0.1, 0.15) is 0 Å². The van der Waals surface area contributed by atoms with Crippen LogP contribution >= 0.6 is 11.3 Å². The Morgan fingerprint density at radius 3 is 2.76 bits per heavy atom. The highest BCUT2D eigenvalue weighted by atomic mass is 32.2. The molecule has 2 heterocycles. The first-order valence-corrected chi connectivity index (χ1v) is 8.46. The van der Waals surface area contributed by atoms with Crippen molar-refractivity contribution in [3.8, 4) is 0 Å². The van der Waals surface area contributed by atoms with Gasteiger partial charge in [-0.1, -0.05) is 0 Å².